The fourth-order valence-corrected chi connectivity index (χ4v) is 2.35. The molecule has 20 heavy (non-hydrogen) atoms. The van der Waals surface area contributed by atoms with Crippen molar-refractivity contribution < 1.29 is 14.6 Å². The third kappa shape index (κ3) is 3.23. The lowest BCUT2D eigenvalue weighted by molar-refractivity contribution is 0.0713. The Morgan fingerprint density at radius 3 is 2.35 bits per heavy atom. The summed E-state index contributed by atoms with van der Waals surface area (Å²) in [5, 5.41) is 12.2. The Kier molecular flexibility index (Phi) is 4.19. The SMILES string of the molecule is COc1ccc2ccc(OC)c(CCC(C)(C)O)c2c1. The van der Waals surface area contributed by atoms with E-state index in [1.807, 2.05) is 44.2 Å². The van der Waals surface area contributed by atoms with E-state index >= 15 is 0 Å². The van der Waals surface area contributed by atoms with E-state index in [2.05, 4.69) is 0 Å². The fraction of sp³-hybridized carbons (Fsp3) is 0.412. The minimum absolute atomic E-state index is 0.680. The zero-order chi connectivity index (χ0) is 14.8. The van der Waals surface area contributed by atoms with Crippen molar-refractivity contribution in [3.8, 4) is 11.5 Å². The van der Waals surface area contributed by atoms with Gasteiger partial charge in [0.25, 0.3) is 0 Å². The predicted octanol–water partition coefficient (Wildman–Crippen LogP) is 3.56. The van der Waals surface area contributed by atoms with Crippen molar-refractivity contribution in [1.29, 1.82) is 0 Å². The van der Waals surface area contributed by atoms with Crippen LogP contribution in [-0.2, 0) is 6.42 Å². The summed E-state index contributed by atoms with van der Waals surface area (Å²) in [6.45, 7) is 3.65. The summed E-state index contributed by atoms with van der Waals surface area (Å²) < 4.78 is 10.8. The first-order chi connectivity index (χ1) is 9.44. The molecule has 0 atom stereocenters. The molecule has 0 radical (unpaired) electrons. The van der Waals surface area contributed by atoms with Crippen LogP contribution in [0.25, 0.3) is 10.8 Å². The summed E-state index contributed by atoms with van der Waals surface area (Å²) in [6, 6.07) is 10.0. The minimum atomic E-state index is -0.688. The normalized spacial score (nSPS) is 11.7. The standard InChI is InChI=1S/C17H22O3/c1-17(2,18)10-9-14-15-11-13(19-3)7-5-12(15)6-8-16(14)20-4/h5-8,11,18H,9-10H2,1-4H3. The number of methoxy groups -OCH3 is 2. The van der Waals surface area contributed by atoms with E-state index in [9.17, 15) is 5.11 Å². The number of ether oxygens (including phenoxy) is 2. The first-order valence-corrected chi connectivity index (χ1v) is 6.80. The molecule has 3 nitrogen and oxygen atoms in total. The molecule has 0 aromatic heterocycles. The topological polar surface area (TPSA) is 38.7 Å². The Bertz CT molecular complexity index is 592. The Hall–Kier alpha value is -1.74. The molecule has 0 saturated heterocycles. The highest BCUT2D eigenvalue weighted by Gasteiger charge is 2.16. The Morgan fingerprint density at radius 2 is 1.75 bits per heavy atom. The van der Waals surface area contributed by atoms with Crippen LogP contribution in [0.3, 0.4) is 0 Å². The van der Waals surface area contributed by atoms with Crippen molar-refractivity contribution in [3.05, 3.63) is 35.9 Å². The Labute approximate surface area is 120 Å². The molecule has 0 amide bonds. The number of aliphatic hydroxyl groups is 1. The molecular weight excluding hydrogens is 252 g/mol. The van der Waals surface area contributed by atoms with Crippen LogP contribution in [-0.4, -0.2) is 24.9 Å². The maximum atomic E-state index is 9.95. The highest BCUT2D eigenvalue weighted by molar-refractivity contribution is 5.89. The van der Waals surface area contributed by atoms with Crippen molar-refractivity contribution in [2.24, 2.45) is 0 Å². The van der Waals surface area contributed by atoms with E-state index in [0.717, 1.165) is 34.3 Å². The third-order valence-corrected chi connectivity index (χ3v) is 3.50. The molecule has 3 heteroatoms. The largest absolute Gasteiger partial charge is 0.497 e. The second kappa shape index (κ2) is 5.71. The average molecular weight is 274 g/mol. The van der Waals surface area contributed by atoms with Gasteiger partial charge in [-0.05, 0) is 55.7 Å². The van der Waals surface area contributed by atoms with Crippen LogP contribution >= 0.6 is 0 Å². The van der Waals surface area contributed by atoms with Gasteiger partial charge in [0.2, 0.25) is 0 Å². The number of hydrogen-bond acceptors (Lipinski definition) is 3. The molecule has 2 aromatic rings. The lowest BCUT2D eigenvalue weighted by Gasteiger charge is -2.19. The Balaban J connectivity index is 2.51. The maximum Gasteiger partial charge on any atom is 0.122 e. The zero-order valence-electron chi connectivity index (χ0n) is 12.6. The summed E-state index contributed by atoms with van der Waals surface area (Å²) in [6.07, 6.45) is 1.44. The number of rotatable bonds is 5. The van der Waals surface area contributed by atoms with Crippen LogP contribution in [0.2, 0.25) is 0 Å². The molecule has 0 aliphatic heterocycles. The van der Waals surface area contributed by atoms with E-state index in [1.54, 1.807) is 14.2 Å². The first kappa shape index (κ1) is 14.7. The second-order valence-corrected chi connectivity index (χ2v) is 5.65. The molecule has 0 spiro atoms. The van der Waals surface area contributed by atoms with Gasteiger partial charge in [-0.2, -0.15) is 0 Å². The minimum Gasteiger partial charge on any atom is -0.497 e. The third-order valence-electron chi connectivity index (χ3n) is 3.50. The maximum absolute atomic E-state index is 9.95. The summed E-state index contributed by atoms with van der Waals surface area (Å²) in [5.74, 6) is 1.69. The quantitative estimate of drug-likeness (QED) is 0.906. The van der Waals surface area contributed by atoms with Gasteiger partial charge >= 0.3 is 0 Å². The lowest BCUT2D eigenvalue weighted by atomic mass is 9.94. The van der Waals surface area contributed by atoms with Crippen LogP contribution in [0.4, 0.5) is 0 Å². The molecule has 2 aromatic carbocycles. The molecule has 108 valence electrons. The number of hydrogen-bond donors (Lipinski definition) is 1. The van der Waals surface area contributed by atoms with Gasteiger partial charge < -0.3 is 14.6 Å². The van der Waals surface area contributed by atoms with Crippen LogP contribution < -0.4 is 9.47 Å². The van der Waals surface area contributed by atoms with E-state index < -0.39 is 5.60 Å². The molecule has 0 unspecified atom stereocenters. The number of aryl methyl sites for hydroxylation is 1. The van der Waals surface area contributed by atoms with Crippen LogP contribution in [0.1, 0.15) is 25.8 Å². The van der Waals surface area contributed by atoms with Crippen molar-refractivity contribution in [1.82, 2.24) is 0 Å². The van der Waals surface area contributed by atoms with E-state index in [0.29, 0.717) is 6.42 Å². The molecule has 0 saturated carbocycles. The van der Waals surface area contributed by atoms with Crippen molar-refractivity contribution >= 4 is 10.8 Å². The van der Waals surface area contributed by atoms with Gasteiger partial charge in [-0.3, -0.25) is 0 Å². The van der Waals surface area contributed by atoms with Crippen LogP contribution in [0, 0.1) is 0 Å². The summed E-state index contributed by atoms with van der Waals surface area (Å²) >= 11 is 0. The van der Waals surface area contributed by atoms with Gasteiger partial charge in [0.15, 0.2) is 0 Å². The van der Waals surface area contributed by atoms with Crippen molar-refractivity contribution in [3.63, 3.8) is 0 Å². The van der Waals surface area contributed by atoms with Gasteiger partial charge in [-0.1, -0.05) is 12.1 Å². The average Bonchev–Trinajstić information content (AvgIpc) is 2.42. The highest BCUT2D eigenvalue weighted by atomic mass is 16.5. The van der Waals surface area contributed by atoms with Gasteiger partial charge in [0, 0.05) is 5.56 Å². The Morgan fingerprint density at radius 1 is 1.05 bits per heavy atom. The van der Waals surface area contributed by atoms with Crippen molar-refractivity contribution in [2.75, 3.05) is 14.2 Å². The van der Waals surface area contributed by atoms with Gasteiger partial charge in [-0.15, -0.1) is 0 Å². The molecule has 1 N–H and O–H groups in total. The smallest absolute Gasteiger partial charge is 0.122 e. The van der Waals surface area contributed by atoms with E-state index in [4.69, 9.17) is 9.47 Å². The number of fused-ring (bicyclic) bond motifs is 1. The first-order valence-electron chi connectivity index (χ1n) is 6.80. The molecule has 0 fully saturated rings. The molecule has 2 rings (SSSR count). The number of benzene rings is 2. The zero-order valence-corrected chi connectivity index (χ0v) is 12.6. The van der Waals surface area contributed by atoms with E-state index in [-0.39, 0.29) is 0 Å². The van der Waals surface area contributed by atoms with Crippen LogP contribution in [0.15, 0.2) is 30.3 Å². The van der Waals surface area contributed by atoms with Gasteiger partial charge in [0.1, 0.15) is 11.5 Å². The van der Waals surface area contributed by atoms with Gasteiger partial charge in [-0.25, -0.2) is 0 Å². The molecular formula is C17H22O3. The summed E-state index contributed by atoms with van der Waals surface area (Å²) in [7, 11) is 3.34. The second-order valence-electron chi connectivity index (χ2n) is 5.65. The lowest BCUT2D eigenvalue weighted by Crippen LogP contribution is -2.19. The fourth-order valence-electron chi connectivity index (χ4n) is 2.35. The summed E-state index contributed by atoms with van der Waals surface area (Å²) in [4.78, 5) is 0. The van der Waals surface area contributed by atoms with Crippen LogP contribution in [0.5, 0.6) is 11.5 Å². The highest BCUT2D eigenvalue weighted by Crippen LogP contribution is 2.32. The van der Waals surface area contributed by atoms with E-state index in [1.165, 1.54) is 0 Å². The predicted molar refractivity (Wildman–Crippen MR) is 81.7 cm³/mol. The van der Waals surface area contributed by atoms with Gasteiger partial charge in [0.05, 0.1) is 19.8 Å². The summed E-state index contributed by atoms with van der Waals surface area (Å²) in [5.41, 5.74) is 0.428. The van der Waals surface area contributed by atoms with Crippen molar-refractivity contribution in [2.45, 2.75) is 32.3 Å². The molecule has 0 aliphatic rings. The molecule has 0 bridgehead atoms. The molecule has 0 aliphatic carbocycles. The monoisotopic (exact) mass is 274 g/mol. The molecule has 0 heterocycles.